The van der Waals surface area contributed by atoms with Crippen molar-refractivity contribution in [1.29, 1.82) is 0 Å². The number of nitrogens with one attached hydrogen (secondary N) is 1. The quantitative estimate of drug-likeness (QED) is 0.873. The number of hydrogen-bond acceptors (Lipinski definition) is 3. The Labute approximate surface area is 103 Å². The van der Waals surface area contributed by atoms with E-state index in [4.69, 9.17) is 9.47 Å². The van der Waals surface area contributed by atoms with E-state index in [0.29, 0.717) is 6.04 Å². The Morgan fingerprint density at radius 1 is 1.41 bits per heavy atom. The van der Waals surface area contributed by atoms with E-state index in [0.717, 1.165) is 25.5 Å². The number of aryl methyl sites for hydroxylation is 1. The third-order valence-electron chi connectivity index (χ3n) is 2.89. The lowest BCUT2D eigenvalue weighted by atomic mass is 10.0. The summed E-state index contributed by atoms with van der Waals surface area (Å²) in [5.41, 5.74) is 2.46. The molecule has 0 bridgehead atoms. The Morgan fingerprint density at radius 2 is 2.24 bits per heavy atom. The summed E-state index contributed by atoms with van der Waals surface area (Å²) in [6, 6.07) is 6.68. The lowest BCUT2D eigenvalue weighted by molar-refractivity contribution is 0.0768. The number of ether oxygens (including phenoxy) is 2. The van der Waals surface area contributed by atoms with Crippen LogP contribution in [-0.2, 0) is 4.74 Å². The van der Waals surface area contributed by atoms with Crippen LogP contribution < -0.4 is 10.1 Å². The third-order valence-corrected chi connectivity index (χ3v) is 2.89. The Bertz CT molecular complexity index is 370. The molecule has 1 unspecified atom stereocenters. The van der Waals surface area contributed by atoms with Gasteiger partial charge < -0.3 is 14.8 Å². The smallest absolute Gasteiger partial charge is 0.122 e. The maximum absolute atomic E-state index is 5.74. The standard InChI is InChI=1S/C14H21NO2/c1-10(2)17-14-5-4-12(8-11(14)3)13-9-16-7-6-15-13/h4-5,8,10,13,15H,6-7,9H2,1-3H3. The van der Waals surface area contributed by atoms with Crippen molar-refractivity contribution < 1.29 is 9.47 Å². The second-order valence-corrected chi connectivity index (χ2v) is 4.77. The number of morpholine rings is 1. The van der Waals surface area contributed by atoms with E-state index < -0.39 is 0 Å². The van der Waals surface area contributed by atoms with Crippen LogP contribution in [0.4, 0.5) is 0 Å². The molecule has 1 saturated heterocycles. The Hall–Kier alpha value is -1.06. The Balaban J connectivity index is 2.12. The van der Waals surface area contributed by atoms with Crippen LogP contribution in [0.2, 0.25) is 0 Å². The minimum atomic E-state index is 0.218. The van der Waals surface area contributed by atoms with Crippen molar-refractivity contribution in [2.75, 3.05) is 19.8 Å². The average Bonchev–Trinajstić information content (AvgIpc) is 2.32. The monoisotopic (exact) mass is 235 g/mol. The van der Waals surface area contributed by atoms with E-state index in [9.17, 15) is 0 Å². The predicted octanol–water partition coefficient (Wildman–Crippen LogP) is 2.44. The van der Waals surface area contributed by atoms with Gasteiger partial charge in [0.1, 0.15) is 5.75 Å². The average molecular weight is 235 g/mol. The fourth-order valence-electron chi connectivity index (χ4n) is 2.06. The van der Waals surface area contributed by atoms with Gasteiger partial charge in [0.05, 0.1) is 25.4 Å². The summed E-state index contributed by atoms with van der Waals surface area (Å²) in [6.07, 6.45) is 0.218. The second kappa shape index (κ2) is 5.52. The first kappa shape index (κ1) is 12.4. The van der Waals surface area contributed by atoms with Gasteiger partial charge >= 0.3 is 0 Å². The van der Waals surface area contributed by atoms with Gasteiger partial charge in [0, 0.05) is 6.54 Å². The Morgan fingerprint density at radius 3 is 2.82 bits per heavy atom. The van der Waals surface area contributed by atoms with Crippen LogP contribution in [0.3, 0.4) is 0 Å². The van der Waals surface area contributed by atoms with E-state index in [2.05, 4.69) is 30.4 Å². The molecule has 1 N–H and O–H groups in total. The number of rotatable bonds is 3. The third kappa shape index (κ3) is 3.20. The summed E-state index contributed by atoms with van der Waals surface area (Å²) < 4.78 is 11.2. The molecule has 17 heavy (non-hydrogen) atoms. The van der Waals surface area contributed by atoms with Crippen LogP contribution >= 0.6 is 0 Å². The molecular weight excluding hydrogens is 214 g/mol. The highest BCUT2D eigenvalue weighted by molar-refractivity contribution is 5.37. The highest BCUT2D eigenvalue weighted by Gasteiger charge is 2.16. The largest absolute Gasteiger partial charge is 0.491 e. The highest BCUT2D eigenvalue weighted by atomic mass is 16.5. The van der Waals surface area contributed by atoms with Crippen molar-refractivity contribution in [3.05, 3.63) is 29.3 Å². The van der Waals surface area contributed by atoms with Crippen LogP contribution in [0.1, 0.15) is 31.0 Å². The molecule has 1 heterocycles. The molecule has 0 aromatic heterocycles. The molecule has 0 aliphatic carbocycles. The molecule has 0 spiro atoms. The summed E-state index contributed by atoms with van der Waals surface area (Å²) in [5, 5.41) is 3.46. The van der Waals surface area contributed by atoms with E-state index >= 15 is 0 Å². The van der Waals surface area contributed by atoms with Gasteiger partial charge in [0.25, 0.3) is 0 Å². The zero-order chi connectivity index (χ0) is 12.3. The van der Waals surface area contributed by atoms with Crippen LogP contribution in [0.15, 0.2) is 18.2 Å². The van der Waals surface area contributed by atoms with E-state index in [1.807, 2.05) is 13.8 Å². The minimum absolute atomic E-state index is 0.218. The maximum atomic E-state index is 5.74. The lowest BCUT2D eigenvalue weighted by Crippen LogP contribution is -2.34. The molecule has 94 valence electrons. The van der Waals surface area contributed by atoms with Crippen LogP contribution in [0.5, 0.6) is 5.75 Å². The van der Waals surface area contributed by atoms with Gasteiger partial charge in [-0.3, -0.25) is 0 Å². The zero-order valence-corrected chi connectivity index (χ0v) is 10.8. The molecule has 1 aromatic rings. The summed E-state index contributed by atoms with van der Waals surface area (Å²) in [7, 11) is 0. The van der Waals surface area contributed by atoms with Gasteiger partial charge in [-0.05, 0) is 38.0 Å². The SMILES string of the molecule is Cc1cc(C2COCCN2)ccc1OC(C)C. The van der Waals surface area contributed by atoms with Gasteiger partial charge in [0.2, 0.25) is 0 Å². The minimum Gasteiger partial charge on any atom is -0.491 e. The van der Waals surface area contributed by atoms with Crippen molar-refractivity contribution >= 4 is 0 Å². The second-order valence-electron chi connectivity index (χ2n) is 4.77. The molecule has 3 heteroatoms. The van der Waals surface area contributed by atoms with Crippen molar-refractivity contribution in [1.82, 2.24) is 5.32 Å². The van der Waals surface area contributed by atoms with Crippen molar-refractivity contribution in [2.24, 2.45) is 0 Å². The molecule has 2 rings (SSSR count). The molecule has 1 fully saturated rings. The van der Waals surface area contributed by atoms with Crippen LogP contribution in [-0.4, -0.2) is 25.9 Å². The normalized spacial score (nSPS) is 20.6. The molecule has 3 nitrogen and oxygen atoms in total. The molecule has 1 aromatic carbocycles. The lowest BCUT2D eigenvalue weighted by Gasteiger charge is -2.25. The van der Waals surface area contributed by atoms with Gasteiger partial charge in [-0.2, -0.15) is 0 Å². The van der Waals surface area contributed by atoms with Crippen molar-refractivity contribution in [3.63, 3.8) is 0 Å². The fourth-order valence-corrected chi connectivity index (χ4v) is 2.06. The molecule has 1 aliphatic heterocycles. The summed E-state index contributed by atoms with van der Waals surface area (Å²) in [5.74, 6) is 0.973. The molecule has 0 amide bonds. The molecular formula is C14H21NO2. The summed E-state index contributed by atoms with van der Waals surface area (Å²) in [6.45, 7) is 8.67. The van der Waals surface area contributed by atoms with E-state index in [-0.39, 0.29) is 6.10 Å². The van der Waals surface area contributed by atoms with Crippen molar-refractivity contribution in [3.8, 4) is 5.75 Å². The van der Waals surface area contributed by atoms with Gasteiger partial charge in [-0.1, -0.05) is 12.1 Å². The van der Waals surface area contributed by atoms with Gasteiger partial charge in [-0.15, -0.1) is 0 Å². The van der Waals surface area contributed by atoms with E-state index in [1.165, 1.54) is 11.1 Å². The number of benzene rings is 1. The first-order valence-corrected chi connectivity index (χ1v) is 6.25. The topological polar surface area (TPSA) is 30.5 Å². The number of hydrogen-bond donors (Lipinski definition) is 1. The first-order valence-electron chi connectivity index (χ1n) is 6.25. The highest BCUT2D eigenvalue weighted by Crippen LogP contribution is 2.24. The summed E-state index contributed by atoms with van der Waals surface area (Å²) >= 11 is 0. The summed E-state index contributed by atoms with van der Waals surface area (Å²) in [4.78, 5) is 0. The van der Waals surface area contributed by atoms with Gasteiger partial charge in [0.15, 0.2) is 0 Å². The van der Waals surface area contributed by atoms with Crippen LogP contribution in [0, 0.1) is 6.92 Å². The molecule has 1 atom stereocenters. The van der Waals surface area contributed by atoms with Gasteiger partial charge in [-0.25, -0.2) is 0 Å². The predicted molar refractivity (Wildman–Crippen MR) is 68.5 cm³/mol. The first-order chi connectivity index (χ1) is 8.16. The fraction of sp³-hybridized carbons (Fsp3) is 0.571. The van der Waals surface area contributed by atoms with Crippen molar-refractivity contribution in [2.45, 2.75) is 32.9 Å². The zero-order valence-electron chi connectivity index (χ0n) is 10.8. The van der Waals surface area contributed by atoms with E-state index in [1.54, 1.807) is 0 Å². The molecule has 0 radical (unpaired) electrons. The molecule has 0 saturated carbocycles. The Kier molecular flexibility index (Phi) is 4.02. The molecule has 1 aliphatic rings. The van der Waals surface area contributed by atoms with Crippen LogP contribution in [0.25, 0.3) is 0 Å². The maximum Gasteiger partial charge on any atom is 0.122 e.